The Bertz CT molecular complexity index is 1320. The number of aryl methyl sites for hydroxylation is 3. The van der Waals surface area contributed by atoms with Crippen LogP contribution in [0, 0.1) is 25.2 Å². The summed E-state index contributed by atoms with van der Waals surface area (Å²) in [4.78, 5) is 17.0. The first kappa shape index (κ1) is 19.6. The molecular weight excluding hydrogens is 370 g/mol. The number of rotatable bonds is 4. The molecule has 0 N–H and O–H groups in total. The van der Waals surface area contributed by atoms with Gasteiger partial charge in [0.2, 0.25) is 0 Å². The van der Waals surface area contributed by atoms with Gasteiger partial charge in [-0.2, -0.15) is 5.26 Å². The van der Waals surface area contributed by atoms with E-state index in [0.29, 0.717) is 12.0 Å². The third kappa shape index (κ3) is 3.09. The fraction of sp³-hybridized carbons (Fsp3) is 0.192. The van der Waals surface area contributed by atoms with Crippen molar-refractivity contribution in [2.45, 2.75) is 27.2 Å². The molecule has 0 saturated carbocycles. The summed E-state index contributed by atoms with van der Waals surface area (Å²) >= 11 is 0. The van der Waals surface area contributed by atoms with Crippen molar-refractivity contribution in [3.05, 3.63) is 77.1 Å². The van der Waals surface area contributed by atoms with E-state index in [1.807, 2.05) is 87.2 Å². The molecule has 0 spiro atoms. The van der Waals surface area contributed by atoms with Gasteiger partial charge in [0, 0.05) is 35.5 Å². The second-order valence-electron chi connectivity index (χ2n) is 7.63. The van der Waals surface area contributed by atoms with Crippen molar-refractivity contribution in [3.63, 3.8) is 0 Å². The predicted molar refractivity (Wildman–Crippen MR) is 120 cm³/mol. The van der Waals surface area contributed by atoms with Gasteiger partial charge in [0.15, 0.2) is 5.78 Å². The number of carbonyl (C=O) groups is 1. The molecule has 0 aliphatic rings. The van der Waals surface area contributed by atoms with Crippen LogP contribution in [0.5, 0.6) is 0 Å². The average molecular weight is 393 g/mol. The lowest BCUT2D eigenvalue weighted by molar-refractivity contribution is 0.0988. The van der Waals surface area contributed by atoms with Crippen molar-refractivity contribution in [2.75, 3.05) is 0 Å². The molecule has 0 fully saturated rings. The van der Waals surface area contributed by atoms with E-state index in [2.05, 4.69) is 6.07 Å². The van der Waals surface area contributed by atoms with E-state index in [0.717, 1.165) is 50.0 Å². The summed E-state index contributed by atoms with van der Waals surface area (Å²) in [7, 11) is 1.98. The summed E-state index contributed by atoms with van der Waals surface area (Å²) in [6, 6.07) is 18.1. The molecular formula is C26H23N3O. The van der Waals surface area contributed by atoms with Crippen LogP contribution in [0.1, 0.15) is 40.4 Å². The molecule has 4 aromatic rings. The largest absolute Gasteiger partial charge is 0.333 e. The zero-order chi connectivity index (χ0) is 21.4. The molecule has 0 amide bonds. The molecule has 0 aliphatic heterocycles. The Morgan fingerprint density at radius 3 is 2.37 bits per heavy atom. The molecule has 0 aliphatic carbocycles. The third-order valence-electron chi connectivity index (χ3n) is 5.65. The molecule has 0 radical (unpaired) electrons. The first-order valence-corrected chi connectivity index (χ1v) is 10.0. The Morgan fingerprint density at radius 1 is 1.07 bits per heavy atom. The summed E-state index contributed by atoms with van der Waals surface area (Å²) in [5.74, 6) is 0.145. The Morgan fingerprint density at radius 2 is 1.73 bits per heavy atom. The van der Waals surface area contributed by atoms with E-state index in [1.165, 1.54) is 0 Å². The average Bonchev–Trinajstić information content (AvgIpc) is 3.12. The van der Waals surface area contributed by atoms with Crippen molar-refractivity contribution in [1.82, 2.24) is 9.55 Å². The zero-order valence-corrected chi connectivity index (χ0v) is 17.7. The number of nitrogens with zero attached hydrogens (tertiary/aromatic N) is 3. The molecule has 0 bridgehead atoms. The molecule has 4 nitrogen and oxygen atoms in total. The number of Topliss-reactive ketones (excluding diaryl/α,β-unsaturated/α-hetero) is 1. The van der Waals surface area contributed by atoms with Gasteiger partial charge in [-0.15, -0.1) is 0 Å². The minimum absolute atomic E-state index is 0.145. The molecule has 3 aromatic carbocycles. The highest BCUT2D eigenvalue weighted by Crippen LogP contribution is 2.38. The fourth-order valence-corrected chi connectivity index (χ4v) is 4.24. The van der Waals surface area contributed by atoms with Gasteiger partial charge in [-0.1, -0.05) is 37.3 Å². The molecule has 148 valence electrons. The van der Waals surface area contributed by atoms with Gasteiger partial charge in [0.1, 0.15) is 0 Å². The number of fused-ring (bicyclic) bond motifs is 1. The molecule has 0 unspecified atom stereocenters. The lowest BCUT2D eigenvalue weighted by Gasteiger charge is -2.15. The number of nitriles is 1. The van der Waals surface area contributed by atoms with Gasteiger partial charge in [-0.3, -0.25) is 4.79 Å². The van der Waals surface area contributed by atoms with Crippen molar-refractivity contribution in [2.24, 2.45) is 7.05 Å². The molecule has 0 saturated heterocycles. The number of ketones is 1. The second-order valence-corrected chi connectivity index (χ2v) is 7.63. The minimum atomic E-state index is 0.145. The Balaban J connectivity index is 1.99. The van der Waals surface area contributed by atoms with Crippen LogP contribution in [0.2, 0.25) is 0 Å². The van der Waals surface area contributed by atoms with E-state index < -0.39 is 0 Å². The molecule has 4 rings (SSSR count). The highest BCUT2D eigenvalue weighted by atomic mass is 16.1. The van der Waals surface area contributed by atoms with E-state index >= 15 is 0 Å². The van der Waals surface area contributed by atoms with Crippen LogP contribution < -0.4 is 0 Å². The maximum absolute atomic E-state index is 12.2. The van der Waals surface area contributed by atoms with E-state index in [9.17, 15) is 10.1 Å². The van der Waals surface area contributed by atoms with E-state index in [1.54, 1.807) is 0 Å². The molecule has 4 heteroatoms. The van der Waals surface area contributed by atoms with Crippen LogP contribution >= 0.6 is 0 Å². The number of carbonyl (C=O) groups excluding carboxylic acids is 1. The summed E-state index contributed by atoms with van der Waals surface area (Å²) in [6.45, 7) is 5.95. The molecule has 0 atom stereocenters. The Hall–Kier alpha value is -3.71. The number of benzene rings is 3. The quantitative estimate of drug-likeness (QED) is 0.400. The standard InChI is InChI=1S/C26H23N3O/c1-5-23(30)19-12-16(2)24(17(3)13-19)25-26(29(4)15-28-25)22-11-10-18(14-27)20-8-6-7-9-21(20)22/h6-13,15H,5H2,1-4H3. The number of imidazole rings is 1. The normalized spacial score (nSPS) is 10.9. The topological polar surface area (TPSA) is 58.7 Å². The lowest BCUT2D eigenvalue weighted by Crippen LogP contribution is -2.01. The summed E-state index contributed by atoms with van der Waals surface area (Å²) in [6.07, 6.45) is 2.31. The maximum atomic E-state index is 12.2. The maximum Gasteiger partial charge on any atom is 0.162 e. The van der Waals surface area contributed by atoms with Crippen LogP contribution in [-0.2, 0) is 7.05 Å². The monoisotopic (exact) mass is 393 g/mol. The first-order valence-electron chi connectivity index (χ1n) is 10.0. The third-order valence-corrected chi connectivity index (χ3v) is 5.65. The predicted octanol–water partition coefficient (Wildman–Crippen LogP) is 5.99. The minimum Gasteiger partial charge on any atom is -0.333 e. The fourth-order valence-electron chi connectivity index (χ4n) is 4.24. The van der Waals surface area contributed by atoms with Crippen LogP contribution in [-0.4, -0.2) is 15.3 Å². The highest BCUT2D eigenvalue weighted by Gasteiger charge is 2.20. The van der Waals surface area contributed by atoms with Gasteiger partial charge < -0.3 is 4.57 Å². The Labute approximate surface area is 176 Å². The van der Waals surface area contributed by atoms with Gasteiger partial charge in [-0.05, 0) is 48.6 Å². The van der Waals surface area contributed by atoms with Crippen LogP contribution in [0.25, 0.3) is 33.3 Å². The van der Waals surface area contributed by atoms with Crippen molar-refractivity contribution in [1.29, 1.82) is 5.26 Å². The van der Waals surface area contributed by atoms with E-state index in [-0.39, 0.29) is 5.78 Å². The Kier molecular flexibility index (Phi) is 4.97. The van der Waals surface area contributed by atoms with Crippen LogP contribution in [0.3, 0.4) is 0 Å². The molecule has 1 heterocycles. The second kappa shape index (κ2) is 7.61. The van der Waals surface area contributed by atoms with Gasteiger partial charge in [-0.25, -0.2) is 4.98 Å². The van der Waals surface area contributed by atoms with Crippen LogP contribution in [0.4, 0.5) is 0 Å². The summed E-state index contributed by atoms with van der Waals surface area (Å²) in [5, 5.41) is 11.5. The van der Waals surface area contributed by atoms with Crippen molar-refractivity contribution in [3.8, 4) is 28.6 Å². The van der Waals surface area contributed by atoms with Crippen molar-refractivity contribution < 1.29 is 4.79 Å². The zero-order valence-electron chi connectivity index (χ0n) is 17.7. The summed E-state index contributed by atoms with van der Waals surface area (Å²) < 4.78 is 2.02. The highest BCUT2D eigenvalue weighted by molar-refractivity contribution is 6.02. The summed E-state index contributed by atoms with van der Waals surface area (Å²) in [5.41, 5.74) is 7.44. The van der Waals surface area contributed by atoms with Gasteiger partial charge in [0.25, 0.3) is 0 Å². The van der Waals surface area contributed by atoms with E-state index in [4.69, 9.17) is 4.98 Å². The van der Waals surface area contributed by atoms with Crippen LogP contribution in [0.15, 0.2) is 54.9 Å². The van der Waals surface area contributed by atoms with Crippen molar-refractivity contribution >= 4 is 16.6 Å². The first-order chi connectivity index (χ1) is 14.5. The lowest BCUT2D eigenvalue weighted by atomic mass is 9.91. The smallest absolute Gasteiger partial charge is 0.162 e. The number of aromatic nitrogens is 2. The number of hydrogen-bond acceptors (Lipinski definition) is 3. The SMILES string of the molecule is CCC(=O)c1cc(C)c(-c2ncn(C)c2-c2ccc(C#N)c3ccccc23)c(C)c1. The number of hydrogen-bond donors (Lipinski definition) is 0. The molecule has 1 aromatic heterocycles. The van der Waals surface area contributed by atoms with Gasteiger partial charge >= 0.3 is 0 Å². The van der Waals surface area contributed by atoms with Gasteiger partial charge in [0.05, 0.1) is 29.3 Å². The molecule has 30 heavy (non-hydrogen) atoms.